The molecule has 1 saturated heterocycles. The Balaban J connectivity index is 1.71. The van der Waals surface area contributed by atoms with E-state index in [1.165, 1.54) is 24.3 Å². The highest BCUT2D eigenvalue weighted by Crippen LogP contribution is 2.22. The van der Waals surface area contributed by atoms with Gasteiger partial charge in [-0.2, -0.15) is 0 Å². The number of nitrogens with one attached hydrogen (secondary N) is 2. The molecule has 0 aromatic heterocycles. The Morgan fingerprint density at radius 3 is 2.57 bits per heavy atom. The van der Waals surface area contributed by atoms with Gasteiger partial charge in [-0.15, -0.1) is 0 Å². The highest BCUT2D eigenvalue weighted by molar-refractivity contribution is 6.05. The van der Waals surface area contributed by atoms with Crippen molar-refractivity contribution in [2.24, 2.45) is 0 Å². The third-order valence-electron chi connectivity index (χ3n) is 5.29. The highest BCUT2D eigenvalue weighted by atomic mass is 19.1. The third-order valence-corrected chi connectivity index (χ3v) is 5.29. The molecule has 30 heavy (non-hydrogen) atoms. The number of rotatable bonds is 6. The fourth-order valence-electron chi connectivity index (χ4n) is 3.42. The topological polar surface area (TPSA) is 78.5 Å². The number of hydrogen-bond donors (Lipinski definition) is 2. The molecule has 0 saturated carbocycles. The highest BCUT2D eigenvalue weighted by Gasteiger charge is 2.34. The standard InChI is InChI=1S/C23H26FN3O3/c1-3-15(2)25-22(29)20-8-5-13-27(20)23(30)17-6-4-7-19(14-17)26-21(28)16-9-11-18(24)12-10-16/h4,6-7,9-12,14-15,20H,3,5,8,13H2,1-2H3,(H,25,29)(H,26,28). The van der Waals surface area contributed by atoms with Gasteiger partial charge in [0.25, 0.3) is 11.8 Å². The lowest BCUT2D eigenvalue weighted by atomic mass is 10.1. The van der Waals surface area contributed by atoms with Crippen LogP contribution in [0.3, 0.4) is 0 Å². The Kier molecular flexibility index (Phi) is 6.82. The van der Waals surface area contributed by atoms with E-state index in [0.29, 0.717) is 29.8 Å². The quantitative estimate of drug-likeness (QED) is 0.762. The summed E-state index contributed by atoms with van der Waals surface area (Å²) in [6.45, 7) is 4.45. The minimum atomic E-state index is -0.482. The van der Waals surface area contributed by atoms with Gasteiger partial charge in [0.2, 0.25) is 5.91 Å². The summed E-state index contributed by atoms with van der Waals surface area (Å²) in [5, 5.41) is 5.67. The number of anilines is 1. The first-order valence-electron chi connectivity index (χ1n) is 10.2. The second-order valence-electron chi connectivity index (χ2n) is 7.52. The van der Waals surface area contributed by atoms with Crippen LogP contribution in [0.5, 0.6) is 0 Å². The number of carbonyl (C=O) groups excluding carboxylic acids is 3. The van der Waals surface area contributed by atoms with Gasteiger partial charge in [0.15, 0.2) is 0 Å². The molecule has 1 heterocycles. The number of benzene rings is 2. The van der Waals surface area contributed by atoms with Crippen LogP contribution in [0.25, 0.3) is 0 Å². The van der Waals surface area contributed by atoms with Crippen LogP contribution >= 0.6 is 0 Å². The molecule has 3 amide bonds. The summed E-state index contributed by atoms with van der Waals surface area (Å²) in [5.41, 5.74) is 1.17. The minimum Gasteiger partial charge on any atom is -0.352 e. The van der Waals surface area contributed by atoms with E-state index in [1.54, 1.807) is 29.2 Å². The lowest BCUT2D eigenvalue weighted by Gasteiger charge is -2.25. The molecule has 2 aromatic rings. The smallest absolute Gasteiger partial charge is 0.255 e. The van der Waals surface area contributed by atoms with Crippen LogP contribution < -0.4 is 10.6 Å². The van der Waals surface area contributed by atoms with E-state index in [2.05, 4.69) is 10.6 Å². The van der Waals surface area contributed by atoms with Crippen molar-refractivity contribution in [1.82, 2.24) is 10.2 Å². The van der Waals surface area contributed by atoms with Crippen molar-refractivity contribution in [3.63, 3.8) is 0 Å². The van der Waals surface area contributed by atoms with Gasteiger partial charge in [-0.05, 0) is 68.7 Å². The zero-order valence-corrected chi connectivity index (χ0v) is 17.2. The van der Waals surface area contributed by atoms with Crippen molar-refractivity contribution in [2.75, 3.05) is 11.9 Å². The van der Waals surface area contributed by atoms with Crippen LogP contribution in [-0.2, 0) is 4.79 Å². The molecule has 6 nitrogen and oxygen atoms in total. The average Bonchev–Trinajstić information content (AvgIpc) is 3.23. The molecule has 7 heteroatoms. The Morgan fingerprint density at radius 1 is 1.13 bits per heavy atom. The van der Waals surface area contributed by atoms with Crippen LogP contribution in [0, 0.1) is 5.82 Å². The Hall–Kier alpha value is -3.22. The number of nitrogens with zero attached hydrogens (tertiary/aromatic N) is 1. The first-order valence-corrected chi connectivity index (χ1v) is 10.2. The lowest BCUT2D eigenvalue weighted by Crippen LogP contribution is -2.48. The third kappa shape index (κ3) is 5.03. The van der Waals surface area contributed by atoms with Crippen LogP contribution in [0.2, 0.25) is 0 Å². The average molecular weight is 411 g/mol. The fraction of sp³-hybridized carbons (Fsp3) is 0.348. The Morgan fingerprint density at radius 2 is 1.87 bits per heavy atom. The molecule has 0 aliphatic carbocycles. The summed E-state index contributed by atoms with van der Waals surface area (Å²) in [6.07, 6.45) is 2.22. The second kappa shape index (κ2) is 9.52. The van der Waals surface area contributed by atoms with Crippen molar-refractivity contribution in [3.8, 4) is 0 Å². The van der Waals surface area contributed by atoms with Gasteiger partial charge < -0.3 is 15.5 Å². The van der Waals surface area contributed by atoms with E-state index in [4.69, 9.17) is 0 Å². The monoisotopic (exact) mass is 411 g/mol. The summed E-state index contributed by atoms with van der Waals surface area (Å²) in [6, 6.07) is 11.4. The molecule has 0 bridgehead atoms. The summed E-state index contributed by atoms with van der Waals surface area (Å²) in [7, 11) is 0. The summed E-state index contributed by atoms with van der Waals surface area (Å²) in [5.74, 6) is -1.19. The van der Waals surface area contributed by atoms with E-state index in [1.807, 2.05) is 13.8 Å². The molecule has 0 spiro atoms. The number of halogens is 1. The lowest BCUT2D eigenvalue weighted by molar-refractivity contribution is -0.125. The maximum Gasteiger partial charge on any atom is 0.255 e. The Labute approximate surface area is 175 Å². The van der Waals surface area contributed by atoms with Gasteiger partial charge in [-0.3, -0.25) is 14.4 Å². The number of hydrogen-bond acceptors (Lipinski definition) is 3. The molecule has 2 N–H and O–H groups in total. The molecule has 2 unspecified atom stereocenters. The maximum absolute atomic E-state index is 13.1. The molecule has 1 fully saturated rings. The molecule has 0 radical (unpaired) electrons. The van der Waals surface area contributed by atoms with Crippen LogP contribution in [0.15, 0.2) is 48.5 Å². The first kappa shape index (κ1) is 21.5. The molecule has 2 atom stereocenters. The summed E-state index contributed by atoms with van der Waals surface area (Å²) < 4.78 is 13.0. The Bertz CT molecular complexity index is 930. The first-order chi connectivity index (χ1) is 14.4. The van der Waals surface area contributed by atoms with Gasteiger partial charge in [0, 0.05) is 29.4 Å². The minimum absolute atomic E-state index is 0.0556. The predicted molar refractivity (Wildman–Crippen MR) is 113 cm³/mol. The molecule has 2 aromatic carbocycles. The van der Waals surface area contributed by atoms with Gasteiger partial charge in [0.1, 0.15) is 11.9 Å². The molecular weight excluding hydrogens is 385 g/mol. The van der Waals surface area contributed by atoms with Crippen LogP contribution in [-0.4, -0.2) is 41.2 Å². The van der Waals surface area contributed by atoms with Crippen molar-refractivity contribution in [2.45, 2.75) is 45.2 Å². The summed E-state index contributed by atoms with van der Waals surface area (Å²) in [4.78, 5) is 39.6. The second-order valence-corrected chi connectivity index (χ2v) is 7.52. The molecular formula is C23H26FN3O3. The van der Waals surface area contributed by atoms with Gasteiger partial charge in [-0.25, -0.2) is 4.39 Å². The number of amides is 3. The normalized spacial score (nSPS) is 16.8. The van der Waals surface area contributed by atoms with Gasteiger partial charge in [0.05, 0.1) is 0 Å². The van der Waals surface area contributed by atoms with Gasteiger partial charge >= 0.3 is 0 Å². The fourth-order valence-corrected chi connectivity index (χ4v) is 3.42. The van der Waals surface area contributed by atoms with E-state index in [9.17, 15) is 18.8 Å². The van der Waals surface area contributed by atoms with Crippen molar-refractivity contribution in [1.29, 1.82) is 0 Å². The number of carbonyl (C=O) groups is 3. The SMILES string of the molecule is CCC(C)NC(=O)C1CCCN1C(=O)c1cccc(NC(=O)c2ccc(F)cc2)c1. The molecule has 3 rings (SSSR count). The molecule has 1 aliphatic rings. The van der Waals surface area contributed by atoms with Gasteiger partial charge in [-0.1, -0.05) is 13.0 Å². The van der Waals surface area contributed by atoms with E-state index >= 15 is 0 Å². The van der Waals surface area contributed by atoms with Crippen molar-refractivity contribution >= 4 is 23.4 Å². The van der Waals surface area contributed by atoms with E-state index in [-0.39, 0.29) is 17.9 Å². The molecule has 158 valence electrons. The van der Waals surface area contributed by atoms with Crippen molar-refractivity contribution in [3.05, 3.63) is 65.5 Å². The maximum atomic E-state index is 13.1. The van der Waals surface area contributed by atoms with Crippen LogP contribution in [0.1, 0.15) is 53.8 Å². The largest absolute Gasteiger partial charge is 0.352 e. The van der Waals surface area contributed by atoms with E-state index < -0.39 is 17.8 Å². The number of likely N-dealkylation sites (tertiary alicyclic amines) is 1. The van der Waals surface area contributed by atoms with E-state index in [0.717, 1.165) is 12.8 Å². The molecule has 1 aliphatic heterocycles. The zero-order valence-electron chi connectivity index (χ0n) is 17.2. The zero-order chi connectivity index (χ0) is 21.7. The van der Waals surface area contributed by atoms with Crippen LogP contribution in [0.4, 0.5) is 10.1 Å². The predicted octanol–water partition coefficient (Wildman–Crippen LogP) is 3.60. The van der Waals surface area contributed by atoms with Crippen molar-refractivity contribution < 1.29 is 18.8 Å². The summed E-state index contributed by atoms with van der Waals surface area (Å²) >= 11 is 0.